The fraction of sp³-hybridized carbons (Fsp3) is 0.471. The van der Waals surface area contributed by atoms with Gasteiger partial charge in [-0.1, -0.05) is 24.0 Å². The van der Waals surface area contributed by atoms with Crippen LogP contribution >= 0.6 is 0 Å². The zero-order valence-electron chi connectivity index (χ0n) is 12.4. The smallest absolute Gasteiger partial charge is 0.217 e. The fourth-order valence-corrected chi connectivity index (χ4v) is 2.61. The first kappa shape index (κ1) is 15.6. The van der Waals surface area contributed by atoms with E-state index in [4.69, 9.17) is 5.11 Å². The van der Waals surface area contributed by atoms with Crippen LogP contribution in [0.15, 0.2) is 24.3 Å². The topological polar surface area (TPSA) is 52.6 Å². The van der Waals surface area contributed by atoms with E-state index >= 15 is 0 Å². The molecule has 2 rings (SSSR count). The summed E-state index contributed by atoms with van der Waals surface area (Å²) in [4.78, 5) is 13.4. The maximum absolute atomic E-state index is 11.1. The summed E-state index contributed by atoms with van der Waals surface area (Å²) in [6, 6.07) is 8.46. The van der Waals surface area contributed by atoms with Crippen molar-refractivity contribution in [3.8, 4) is 11.8 Å². The van der Waals surface area contributed by atoms with Gasteiger partial charge in [-0.3, -0.25) is 9.69 Å². The Morgan fingerprint density at radius 1 is 1.52 bits per heavy atom. The van der Waals surface area contributed by atoms with Crippen molar-refractivity contribution in [3.05, 3.63) is 35.4 Å². The second kappa shape index (κ2) is 7.82. The van der Waals surface area contributed by atoms with Crippen LogP contribution in [0.25, 0.3) is 0 Å². The van der Waals surface area contributed by atoms with Gasteiger partial charge in [0.15, 0.2) is 0 Å². The highest BCUT2D eigenvalue weighted by Crippen LogP contribution is 2.14. The van der Waals surface area contributed by atoms with Crippen molar-refractivity contribution in [2.75, 3.05) is 19.7 Å². The van der Waals surface area contributed by atoms with E-state index in [0.29, 0.717) is 6.42 Å². The molecule has 0 aromatic heterocycles. The SMILES string of the molecule is CC(=O)NC1CCN(Cc2cccc(C#CCCO)c2)C1. The van der Waals surface area contributed by atoms with Crippen LogP contribution in [-0.2, 0) is 11.3 Å². The minimum absolute atomic E-state index is 0.0444. The molecule has 1 heterocycles. The highest BCUT2D eigenvalue weighted by molar-refractivity contribution is 5.73. The van der Waals surface area contributed by atoms with E-state index < -0.39 is 0 Å². The van der Waals surface area contributed by atoms with Gasteiger partial charge in [0.1, 0.15) is 0 Å². The molecular weight excluding hydrogens is 264 g/mol. The predicted octanol–water partition coefficient (Wildman–Crippen LogP) is 1.13. The Bertz CT molecular complexity index is 545. The summed E-state index contributed by atoms with van der Waals surface area (Å²) in [6.45, 7) is 4.46. The number of hydrogen-bond donors (Lipinski definition) is 2. The number of carbonyl (C=O) groups is 1. The average molecular weight is 286 g/mol. The summed E-state index contributed by atoms with van der Waals surface area (Å²) in [5.41, 5.74) is 2.22. The number of aliphatic hydroxyl groups is 1. The monoisotopic (exact) mass is 286 g/mol. The van der Waals surface area contributed by atoms with E-state index in [0.717, 1.165) is 31.6 Å². The quantitative estimate of drug-likeness (QED) is 0.816. The molecule has 0 aliphatic carbocycles. The molecule has 112 valence electrons. The van der Waals surface area contributed by atoms with E-state index in [1.165, 1.54) is 5.56 Å². The Hall–Kier alpha value is -1.83. The minimum Gasteiger partial charge on any atom is -0.395 e. The minimum atomic E-state index is 0.0444. The number of nitrogens with zero attached hydrogens (tertiary/aromatic N) is 1. The molecule has 0 saturated carbocycles. The molecule has 1 atom stereocenters. The average Bonchev–Trinajstić information content (AvgIpc) is 2.86. The van der Waals surface area contributed by atoms with Crippen LogP contribution in [0.1, 0.15) is 30.9 Å². The Balaban J connectivity index is 1.90. The largest absolute Gasteiger partial charge is 0.395 e. The first-order valence-electron chi connectivity index (χ1n) is 7.35. The van der Waals surface area contributed by atoms with Crippen LogP contribution in [0.2, 0.25) is 0 Å². The molecule has 21 heavy (non-hydrogen) atoms. The lowest BCUT2D eigenvalue weighted by Crippen LogP contribution is -2.35. The third kappa shape index (κ3) is 5.22. The fourth-order valence-electron chi connectivity index (χ4n) is 2.61. The van der Waals surface area contributed by atoms with Crippen LogP contribution in [0, 0.1) is 11.8 Å². The van der Waals surface area contributed by atoms with Gasteiger partial charge in [-0.15, -0.1) is 0 Å². The second-order valence-corrected chi connectivity index (χ2v) is 5.40. The summed E-state index contributed by atoms with van der Waals surface area (Å²) < 4.78 is 0. The van der Waals surface area contributed by atoms with Gasteiger partial charge in [0, 0.05) is 44.6 Å². The highest BCUT2D eigenvalue weighted by atomic mass is 16.2. The molecule has 1 aromatic carbocycles. The Morgan fingerprint density at radius 2 is 2.38 bits per heavy atom. The molecule has 0 spiro atoms. The molecule has 4 nitrogen and oxygen atoms in total. The van der Waals surface area contributed by atoms with E-state index in [9.17, 15) is 4.79 Å². The van der Waals surface area contributed by atoms with Gasteiger partial charge in [-0.05, 0) is 24.1 Å². The van der Waals surface area contributed by atoms with Crippen molar-refractivity contribution >= 4 is 5.91 Å². The number of hydrogen-bond acceptors (Lipinski definition) is 3. The standard InChI is InChI=1S/C17H22N2O2/c1-14(21)18-17-8-9-19(13-17)12-16-7-4-6-15(11-16)5-2-3-10-20/h4,6-7,11,17,20H,3,8-10,12-13H2,1H3,(H,18,21). The van der Waals surface area contributed by atoms with E-state index in [1.807, 2.05) is 12.1 Å². The maximum atomic E-state index is 11.1. The van der Waals surface area contributed by atoms with Crippen molar-refractivity contribution < 1.29 is 9.90 Å². The summed E-state index contributed by atoms with van der Waals surface area (Å²) in [7, 11) is 0. The third-order valence-corrected chi connectivity index (χ3v) is 3.48. The third-order valence-electron chi connectivity index (χ3n) is 3.48. The van der Waals surface area contributed by atoms with Crippen LogP contribution in [0.4, 0.5) is 0 Å². The number of aliphatic hydroxyl groups excluding tert-OH is 1. The molecule has 1 amide bonds. The van der Waals surface area contributed by atoms with Crippen molar-refractivity contribution in [2.45, 2.75) is 32.4 Å². The Kier molecular flexibility index (Phi) is 5.79. The first-order chi connectivity index (χ1) is 10.2. The van der Waals surface area contributed by atoms with Crippen LogP contribution in [-0.4, -0.2) is 41.7 Å². The molecule has 0 bridgehead atoms. The van der Waals surface area contributed by atoms with Crippen molar-refractivity contribution in [2.24, 2.45) is 0 Å². The number of carbonyl (C=O) groups excluding carboxylic acids is 1. The normalized spacial score (nSPS) is 18.1. The number of amides is 1. The Morgan fingerprint density at radius 3 is 3.14 bits per heavy atom. The lowest BCUT2D eigenvalue weighted by Gasteiger charge is -2.16. The summed E-state index contributed by atoms with van der Waals surface area (Å²) >= 11 is 0. The molecule has 1 aliphatic heterocycles. The van der Waals surface area contributed by atoms with E-state index in [1.54, 1.807) is 6.92 Å². The molecule has 0 radical (unpaired) electrons. The number of nitrogens with one attached hydrogen (secondary N) is 1. The van der Waals surface area contributed by atoms with Crippen molar-refractivity contribution in [1.29, 1.82) is 0 Å². The number of rotatable bonds is 4. The van der Waals surface area contributed by atoms with Crippen molar-refractivity contribution in [1.82, 2.24) is 10.2 Å². The van der Waals surface area contributed by atoms with Gasteiger partial charge in [-0.2, -0.15) is 0 Å². The molecule has 1 aromatic rings. The van der Waals surface area contributed by atoms with Gasteiger partial charge in [-0.25, -0.2) is 0 Å². The molecule has 1 saturated heterocycles. The maximum Gasteiger partial charge on any atom is 0.217 e. The molecule has 4 heteroatoms. The Labute approximate surface area is 126 Å². The zero-order chi connectivity index (χ0) is 15.1. The van der Waals surface area contributed by atoms with E-state index in [-0.39, 0.29) is 18.6 Å². The second-order valence-electron chi connectivity index (χ2n) is 5.40. The number of likely N-dealkylation sites (tertiary alicyclic amines) is 1. The van der Waals surface area contributed by atoms with Crippen LogP contribution in [0.5, 0.6) is 0 Å². The predicted molar refractivity (Wildman–Crippen MR) is 82.5 cm³/mol. The van der Waals surface area contributed by atoms with Crippen LogP contribution < -0.4 is 5.32 Å². The summed E-state index contributed by atoms with van der Waals surface area (Å²) in [5, 5.41) is 11.7. The van der Waals surface area contributed by atoms with E-state index in [2.05, 4.69) is 34.2 Å². The lowest BCUT2D eigenvalue weighted by atomic mass is 10.1. The lowest BCUT2D eigenvalue weighted by molar-refractivity contribution is -0.119. The van der Waals surface area contributed by atoms with Gasteiger partial charge < -0.3 is 10.4 Å². The van der Waals surface area contributed by atoms with Gasteiger partial charge in [0.25, 0.3) is 0 Å². The first-order valence-corrected chi connectivity index (χ1v) is 7.35. The molecular formula is C17H22N2O2. The number of benzene rings is 1. The van der Waals surface area contributed by atoms with Gasteiger partial charge in [0.2, 0.25) is 5.91 Å². The molecule has 1 unspecified atom stereocenters. The summed E-state index contributed by atoms with van der Waals surface area (Å²) in [6.07, 6.45) is 1.52. The van der Waals surface area contributed by atoms with Gasteiger partial charge >= 0.3 is 0 Å². The zero-order valence-corrected chi connectivity index (χ0v) is 12.4. The van der Waals surface area contributed by atoms with Crippen molar-refractivity contribution in [3.63, 3.8) is 0 Å². The molecule has 1 aliphatic rings. The highest BCUT2D eigenvalue weighted by Gasteiger charge is 2.22. The summed E-state index contributed by atoms with van der Waals surface area (Å²) in [5.74, 6) is 6.04. The molecule has 1 fully saturated rings. The van der Waals surface area contributed by atoms with Gasteiger partial charge in [0.05, 0.1) is 6.61 Å². The van der Waals surface area contributed by atoms with Crippen LogP contribution in [0.3, 0.4) is 0 Å². The molecule has 2 N–H and O–H groups in total.